The maximum absolute atomic E-state index is 14.6. The first-order valence-corrected chi connectivity index (χ1v) is 15.0. The number of aromatic nitrogens is 1. The molecule has 2 aliphatic rings. The third-order valence-corrected chi connectivity index (χ3v) is 9.00. The molecule has 2 amide bonds. The van der Waals surface area contributed by atoms with Crippen LogP contribution in [-0.4, -0.2) is 51.3 Å². The Morgan fingerprint density at radius 3 is 2.55 bits per heavy atom. The van der Waals surface area contributed by atoms with Crippen molar-refractivity contribution >= 4 is 28.8 Å². The van der Waals surface area contributed by atoms with E-state index in [4.69, 9.17) is 10.5 Å². The molecule has 4 heterocycles. The lowest BCUT2D eigenvalue weighted by Crippen LogP contribution is -2.68. The number of carbonyl (C=O) groups excluding carboxylic acids is 2. The summed E-state index contributed by atoms with van der Waals surface area (Å²) in [5.74, 6) is -1.78. The zero-order chi connectivity index (χ0) is 31.9. The number of thiophene rings is 1. The summed E-state index contributed by atoms with van der Waals surface area (Å²) in [5.41, 5.74) is 4.38. The van der Waals surface area contributed by atoms with E-state index in [9.17, 15) is 35.9 Å². The number of benzene rings is 1. The molecule has 1 fully saturated rings. The van der Waals surface area contributed by atoms with Gasteiger partial charge in [0.2, 0.25) is 5.60 Å². The Bertz CT molecular complexity index is 1540. The second kappa shape index (κ2) is 11.9. The minimum absolute atomic E-state index is 0.00924. The molecule has 14 heteroatoms. The van der Waals surface area contributed by atoms with Crippen LogP contribution in [0.15, 0.2) is 48.0 Å². The smallest absolute Gasteiger partial charge is 0.425 e. The van der Waals surface area contributed by atoms with E-state index in [-0.39, 0.29) is 44.6 Å². The predicted molar refractivity (Wildman–Crippen MR) is 151 cm³/mol. The number of nitrogens with zero attached hydrogens (tertiary/aromatic N) is 3. The number of alkyl halides is 6. The molecule has 7 nitrogen and oxygen atoms in total. The first-order chi connectivity index (χ1) is 20.7. The molecular weight excluding hydrogens is 610 g/mol. The number of ether oxygens (including phenoxy) is 1. The number of halogens is 6. The van der Waals surface area contributed by atoms with Gasteiger partial charge in [-0.1, -0.05) is 19.4 Å². The average Bonchev–Trinajstić information content (AvgIpc) is 3.46. The largest absolute Gasteiger partial charge is 0.474 e. The fourth-order valence-corrected chi connectivity index (χ4v) is 6.77. The zero-order valence-electron chi connectivity index (χ0n) is 23.7. The van der Waals surface area contributed by atoms with Crippen LogP contribution in [0.3, 0.4) is 0 Å². The number of piperidine rings is 1. The number of fused-ring (bicyclic) bond motifs is 1. The van der Waals surface area contributed by atoms with Crippen LogP contribution in [0, 0.1) is 0 Å². The lowest BCUT2D eigenvalue weighted by molar-refractivity contribution is -0.160. The molecule has 0 saturated carbocycles. The van der Waals surface area contributed by atoms with Crippen molar-refractivity contribution < 1.29 is 40.7 Å². The van der Waals surface area contributed by atoms with E-state index in [1.165, 1.54) is 9.80 Å². The van der Waals surface area contributed by atoms with Crippen molar-refractivity contribution in [2.75, 3.05) is 18.8 Å². The molecule has 0 unspecified atom stereocenters. The molecule has 2 aromatic heterocycles. The van der Waals surface area contributed by atoms with Crippen LogP contribution < -0.4 is 10.5 Å². The molecule has 0 bridgehead atoms. The molecule has 3 aromatic rings. The van der Waals surface area contributed by atoms with Gasteiger partial charge >= 0.3 is 12.4 Å². The van der Waals surface area contributed by atoms with Crippen LogP contribution in [0.25, 0.3) is 0 Å². The van der Waals surface area contributed by atoms with Gasteiger partial charge in [0.1, 0.15) is 16.3 Å². The average molecular weight is 641 g/mol. The summed E-state index contributed by atoms with van der Waals surface area (Å²) in [6, 6.07) is 6.87. The van der Waals surface area contributed by atoms with E-state index in [2.05, 4.69) is 4.98 Å². The number of pyridine rings is 1. The highest BCUT2D eigenvalue weighted by atomic mass is 32.1. The Hall–Kier alpha value is -3.81. The minimum Gasteiger partial charge on any atom is -0.474 e. The van der Waals surface area contributed by atoms with E-state index in [1.54, 1.807) is 19.1 Å². The third-order valence-electron chi connectivity index (χ3n) is 8.05. The van der Waals surface area contributed by atoms with Crippen LogP contribution >= 0.6 is 11.3 Å². The fraction of sp³-hybridized carbons (Fsp3) is 0.433. The minimum atomic E-state index is -4.87. The van der Waals surface area contributed by atoms with E-state index in [1.807, 2.05) is 6.07 Å². The van der Waals surface area contributed by atoms with Crippen molar-refractivity contribution in [2.45, 2.75) is 69.6 Å². The van der Waals surface area contributed by atoms with Crippen molar-refractivity contribution in [2.24, 2.45) is 0 Å². The topological polar surface area (TPSA) is 88.8 Å². The van der Waals surface area contributed by atoms with E-state index >= 15 is 0 Å². The Morgan fingerprint density at radius 1 is 1.09 bits per heavy atom. The van der Waals surface area contributed by atoms with Crippen LogP contribution in [0.1, 0.15) is 64.7 Å². The lowest BCUT2D eigenvalue weighted by Gasteiger charge is -2.50. The molecule has 0 aliphatic carbocycles. The van der Waals surface area contributed by atoms with Crippen LogP contribution in [0.4, 0.5) is 32.0 Å². The maximum atomic E-state index is 14.6. The summed E-state index contributed by atoms with van der Waals surface area (Å²) in [6.45, 7) is 2.21. The summed E-state index contributed by atoms with van der Waals surface area (Å²) in [4.78, 5) is 34.0. The standard InChI is InChI=1S/C30H30F6N4O3S/c1-2-5-23-28(43-21-15-24(44-17-21)30(34,35)36,27(42)39-13-9-18-14-20(37)8-7-19(18)16-39)10-4-12-40(23)26(41)25-22(29(31,32)33)6-3-11-38-25/h3,6-8,11,14-15,17,23H,2,4-5,9-10,12-13,16,37H2,1H3/t23-,28-/m1/s1. The van der Waals surface area contributed by atoms with Gasteiger partial charge < -0.3 is 20.3 Å². The predicted octanol–water partition coefficient (Wildman–Crippen LogP) is 6.57. The van der Waals surface area contributed by atoms with Gasteiger partial charge in [-0.15, -0.1) is 11.3 Å². The summed E-state index contributed by atoms with van der Waals surface area (Å²) in [7, 11) is 0. The van der Waals surface area contributed by atoms with Gasteiger partial charge in [-0.2, -0.15) is 26.3 Å². The molecular formula is C30H30F6N4O3S. The highest BCUT2D eigenvalue weighted by Gasteiger charge is 2.56. The number of hydrogen-bond acceptors (Lipinski definition) is 6. The van der Waals surface area contributed by atoms with E-state index in [0.29, 0.717) is 29.9 Å². The monoisotopic (exact) mass is 640 g/mol. The van der Waals surface area contributed by atoms with Crippen LogP contribution in [0.2, 0.25) is 0 Å². The number of nitrogens with two attached hydrogens (primary N) is 1. The third kappa shape index (κ3) is 6.08. The summed E-state index contributed by atoms with van der Waals surface area (Å²) >= 11 is 0.404. The van der Waals surface area contributed by atoms with Crippen LogP contribution in [0.5, 0.6) is 5.75 Å². The highest BCUT2D eigenvalue weighted by molar-refractivity contribution is 7.10. The number of hydrogen-bond donors (Lipinski definition) is 1. The van der Waals surface area contributed by atoms with E-state index < -0.39 is 51.9 Å². The Labute approximate surface area is 253 Å². The number of carbonyl (C=O) groups is 2. The zero-order valence-corrected chi connectivity index (χ0v) is 24.5. The maximum Gasteiger partial charge on any atom is 0.425 e. The molecule has 5 rings (SSSR count). The molecule has 2 atom stereocenters. The quantitative estimate of drug-likeness (QED) is 0.243. The number of amides is 2. The lowest BCUT2D eigenvalue weighted by atomic mass is 9.79. The molecule has 2 aliphatic heterocycles. The SMILES string of the molecule is CCC[C@H]1N(C(=O)c2ncccc2C(F)(F)F)CCC[C@]1(Oc1csc(C(F)(F)F)c1)C(=O)N1CCc2cc(N)ccc2C1. The van der Waals surface area contributed by atoms with Crippen molar-refractivity contribution in [1.29, 1.82) is 0 Å². The van der Waals surface area contributed by atoms with Crippen molar-refractivity contribution in [1.82, 2.24) is 14.8 Å². The molecule has 1 aromatic carbocycles. The second-order valence-corrected chi connectivity index (χ2v) is 11.9. The Kier molecular flexibility index (Phi) is 8.58. The fourth-order valence-electron chi connectivity index (χ4n) is 6.09. The Balaban J connectivity index is 1.58. The second-order valence-electron chi connectivity index (χ2n) is 10.9. The van der Waals surface area contributed by atoms with Crippen molar-refractivity contribution in [3.05, 3.63) is 75.2 Å². The highest BCUT2D eigenvalue weighted by Crippen LogP contribution is 2.43. The van der Waals surface area contributed by atoms with Gasteiger partial charge in [0.15, 0.2) is 0 Å². The van der Waals surface area contributed by atoms with Gasteiger partial charge in [0.05, 0.1) is 11.6 Å². The molecule has 236 valence electrons. The van der Waals surface area contributed by atoms with Crippen molar-refractivity contribution in [3.8, 4) is 5.75 Å². The molecule has 1 saturated heterocycles. The number of nitrogen functional groups attached to an aromatic ring is 1. The molecule has 0 radical (unpaired) electrons. The Morgan fingerprint density at radius 2 is 1.86 bits per heavy atom. The number of rotatable bonds is 6. The van der Waals surface area contributed by atoms with Crippen molar-refractivity contribution in [3.63, 3.8) is 0 Å². The first kappa shape index (κ1) is 31.6. The van der Waals surface area contributed by atoms with Gasteiger partial charge in [-0.05, 0) is 54.7 Å². The molecule has 44 heavy (non-hydrogen) atoms. The van der Waals surface area contributed by atoms with Gasteiger partial charge in [-0.25, -0.2) is 0 Å². The summed E-state index contributed by atoms with van der Waals surface area (Å²) in [5, 5.41) is 1.15. The van der Waals surface area contributed by atoms with Gasteiger partial charge in [-0.3, -0.25) is 14.6 Å². The van der Waals surface area contributed by atoms with Crippen LogP contribution in [-0.2, 0) is 30.1 Å². The molecule has 0 spiro atoms. The van der Waals surface area contributed by atoms with E-state index in [0.717, 1.165) is 40.9 Å². The normalized spacial score (nSPS) is 20.8. The summed E-state index contributed by atoms with van der Waals surface area (Å²) < 4.78 is 88.4. The molecule has 2 N–H and O–H groups in total. The summed E-state index contributed by atoms with van der Waals surface area (Å²) in [6.07, 6.45) is -7.23. The van der Waals surface area contributed by atoms with Gasteiger partial charge in [0, 0.05) is 49.4 Å². The number of likely N-dealkylation sites (tertiary alicyclic amines) is 1. The number of anilines is 1. The first-order valence-electron chi connectivity index (χ1n) is 14.1. The van der Waals surface area contributed by atoms with Gasteiger partial charge in [0.25, 0.3) is 11.8 Å².